The molecule has 0 radical (unpaired) electrons. The average molecular weight is 475 g/mol. The van der Waals surface area contributed by atoms with Gasteiger partial charge in [0.2, 0.25) is 17.3 Å². The van der Waals surface area contributed by atoms with Gasteiger partial charge in [-0.3, -0.25) is 4.79 Å². The predicted molar refractivity (Wildman–Crippen MR) is 131 cm³/mol. The highest BCUT2D eigenvalue weighted by Crippen LogP contribution is 2.33. The molecule has 0 fully saturated rings. The summed E-state index contributed by atoms with van der Waals surface area (Å²) in [6.45, 7) is 5.95. The molecule has 180 valence electrons. The Hall–Kier alpha value is -4.26. The van der Waals surface area contributed by atoms with Gasteiger partial charge in [-0.25, -0.2) is 4.79 Å². The molecule has 35 heavy (non-hydrogen) atoms. The van der Waals surface area contributed by atoms with Gasteiger partial charge in [-0.15, -0.1) is 0 Å². The van der Waals surface area contributed by atoms with E-state index in [1.807, 2.05) is 31.2 Å². The normalized spacial score (nSPS) is 11.6. The zero-order valence-corrected chi connectivity index (χ0v) is 19.8. The quantitative estimate of drug-likeness (QED) is 0.276. The van der Waals surface area contributed by atoms with Gasteiger partial charge in [0.15, 0.2) is 11.5 Å². The Labute approximate surface area is 202 Å². The molecule has 1 atom stereocenters. The van der Waals surface area contributed by atoms with Gasteiger partial charge in [0.1, 0.15) is 17.1 Å². The van der Waals surface area contributed by atoms with E-state index in [2.05, 4.69) is 0 Å². The molecule has 1 heterocycles. The van der Waals surface area contributed by atoms with Crippen LogP contribution in [0.15, 0.2) is 82.0 Å². The highest BCUT2D eigenvalue weighted by molar-refractivity contribution is 5.80. The van der Waals surface area contributed by atoms with E-state index in [1.54, 1.807) is 62.4 Å². The van der Waals surface area contributed by atoms with Gasteiger partial charge in [0.05, 0.1) is 18.6 Å². The van der Waals surface area contributed by atoms with Gasteiger partial charge in [0.25, 0.3) is 0 Å². The van der Waals surface area contributed by atoms with Crippen molar-refractivity contribution in [2.45, 2.75) is 26.9 Å². The van der Waals surface area contributed by atoms with Crippen LogP contribution >= 0.6 is 0 Å². The molecule has 1 aromatic heterocycles. The second kappa shape index (κ2) is 10.8. The molecule has 4 rings (SSSR count). The van der Waals surface area contributed by atoms with Gasteiger partial charge in [-0.05, 0) is 45.0 Å². The van der Waals surface area contributed by atoms with Gasteiger partial charge in [-0.1, -0.05) is 42.5 Å². The lowest BCUT2D eigenvalue weighted by atomic mass is 10.1. The van der Waals surface area contributed by atoms with Crippen LogP contribution in [-0.4, -0.2) is 19.2 Å². The molecule has 0 aliphatic carbocycles. The second-order valence-electron chi connectivity index (χ2n) is 7.62. The third-order valence-corrected chi connectivity index (χ3v) is 5.20. The van der Waals surface area contributed by atoms with Crippen LogP contribution in [0.2, 0.25) is 0 Å². The van der Waals surface area contributed by atoms with E-state index in [9.17, 15) is 9.59 Å². The standard InChI is InChI=1S/C28H26O7/c1-4-31-22-13-9-10-14-23(22)35-26-18(3)33-24-17-20(15-16-21(24)25(26)29)34-27(28(30)32-5-2)19-11-7-6-8-12-19/h6-17,27H,4-5H2,1-3H3. The molecule has 4 aromatic rings. The number of hydrogen-bond acceptors (Lipinski definition) is 7. The minimum Gasteiger partial charge on any atom is -0.490 e. The summed E-state index contributed by atoms with van der Waals surface area (Å²) < 4.78 is 28.6. The Balaban J connectivity index is 1.67. The zero-order valence-electron chi connectivity index (χ0n) is 19.8. The minimum atomic E-state index is -0.959. The van der Waals surface area contributed by atoms with E-state index in [-0.39, 0.29) is 17.8 Å². The molecule has 0 aliphatic heterocycles. The lowest BCUT2D eigenvalue weighted by Gasteiger charge is -2.18. The first kappa shape index (κ1) is 23.9. The molecular formula is C28H26O7. The minimum absolute atomic E-state index is 0.0759. The largest absolute Gasteiger partial charge is 0.490 e. The predicted octanol–water partition coefficient (Wildman–Crippen LogP) is 5.98. The van der Waals surface area contributed by atoms with Crippen LogP contribution in [-0.2, 0) is 9.53 Å². The van der Waals surface area contributed by atoms with Crippen molar-refractivity contribution in [2.24, 2.45) is 0 Å². The maximum absolute atomic E-state index is 13.2. The summed E-state index contributed by atoms with van der Waals surface area (Å²) in [5.74, 6) is 1.18. The number of ether oxygens (including phenoxy) is 4. The third-order valence-electron chi connectivity index (χ3n) is 5.20. The van der Waals surface area contributed by atoms with Crippen molar-refractivity contribution in [3.05, 3.63) is 94.3 Å². The van der Waals surface area contributed by atoms with Crippen LogP contribution in [0.4, 0.5) is 0 Å². The Kier molecular flexibility index (Phi) is 7.35. The first-order valence-corrected chi connectivity index (χ1v) is 11.4. The molecule has 7 nitrogen and oxygen atoms in total. The Morgan fingerprint density at radius 2 is 1.63 bits per heavy atom. The monoisotopic (exact) mass is 474 g/mol. The second-order valence-corrected chi connectivity index (χ2v) is 7.62. The van der Waals surface area contributed by atoms with Crippen molar-refractivity contribution in [3.63, 3.8) is 0 Å². The molecule has 0 bridgehead atoms. The molecule has 0 saturated heterocycles. The Bertz CT molecular complexity index is 1380. The smallest absolute Gasteiger partial charge is 0.352 e. The Morgan fingerprint density at radius 1 is 0.914 bits per heavy atom. The number of carbonyl (C=O) groups is 1. The highest BCUT2D eigenvalue weighted by atomic mass is 16.6. The van der Waals surface area contributed by atoms with Gasteiger partial charge in [0, 0.05) is 11.6 Å². The van der Waals surface area contributed by atoms with Crippen LogP contribution in [0.5, 0.6) is 23.0 Å². The SMILES string of the molecule is CCOC(=O)C(Oc1ccc2c(=O)c(Oc3ccccc3OCC)c(C)oc2c1)c1ccccc1. The summed E-state index contributed by atoms with van der Waals surface area (Å²) in [5, 5.41) is 0.319. The summed E-state index contributed by atoms with van der Waals surface area (Å²) in [6.07, 6.45) is -0.959. The number of esters is 1. The molecule has 1 unspecified atom stereocenters. The number of benzene rings is 3. The van der Waals surface area contributed by atoms with E-state index in [0.29, 0.717) is 46.1 Å². The fourth-order valence-electron chi connectivity index (χ4n) is 3.61. The number of rotatable bonds is 9. The van der Waals surface area contributed by atoms with E-state index in [0.717, 1.165) is 0 Å². The number of aryl methyl sites for hydroxylation is 1. The van der Waals surface area contributed by atoms with E-state index < -0.39 is 12.1 Å². The van der Waals surface area contributed by atoms with Crippen LogP contribution in [0.3, 0.4) is 0 Å². The highest BCUT2D eigenvalue weighted by Gasteiger charge is 2.25. The molecule has 0 spiro atoms. The lowest BCUT2D eigenvalue weighted by molar-refractivity contribution is -0.151. The van der Waals surface area contributed by atoms with Gasteiger partial charge < -0.3 is 23.4 Å². The van der Waals surface area contributed by atoms with E-state index >= 15 is 0 Å². The van der Waals surface area contributed by atoms with Crippen molar-refractivity contribution >= 4 is 16.9 Å². The molecule has 7 heteroatoms. The zero-order chi connectivity index (χ0) is 24.8. The lowest BCUT2D eigenvalue weighted by Crippen LogP contribution is -2.21. The maximum atomic E-state index is 13.2. The van der Waals surface area contributed by atoms with Gasteiger partial charge >= 0.3 is 5.97 Å². The molecule has 0 aliphatic rings. The van der Waals surface area contributed by atoms with Crippen LogP contribution in [0, 0.1) is 6.92 Å². The number of para-hydroxylation sites is 2. The third kappa shape index (κ3) is 5.30. The first-order chi connectivity index (χ1) is 17.0. The van der Waals surface area contributed by atoms with Crippen molar-refractivity contribution in [1.82, 2.24) is 0 Å². The van der Waals surface area contributed by atoms with Crippen molar-refractivity contribution < 1.29 is 28.2 Å². The summed E-state index contributed by atoms with van der Waals surface area (Å²) in [5.41, 5.74) is 0.637. The molecular weight excluding hydrogens is 448 g/mol. The molecule has 0 N–H and O–H groups in total. The van der Waals surface area contributed by atoms with Gasteiger partial charge in [-0.2, -0.15) is 0 Å². The molecule has 3 aromatic carbocycles. The fraction of sp³-hybridized carbons (Fsp3) is 0.214. The summed E-state index contributed by atoms with van der Waals surface area (Å²) in [4.78, 5) is 25.8. The summed E-state index contributed by atoms with van der Waals surface area (Å²) in [7, 11) is 0. The topological polar surface area (TPSA) is 84.2 Å². The van der Waals surface area contributed by atoms with Crippen molar-refractivity contribution in [1.29, 1.82) is 0 Å². The Morgan fingerprint density at radius 3 is 2.34 bits per heavy atom. The van der Waals surface area contributed by atoms with E-state index in [1.165, 1.54) is 0 Å². The van der Waals surface area contributed by atoms with Crippen LogP contribution in [0.25, 0.3) is 11.0 Å². The number of carbonyl (C=O) groups excluding carboxylic acids is 1. The molecule has 0 amide bonds. The number of fused-ring (bicyclic) bond motifs is 1. The maximum Gasteiger partial charge on any atom is 0.352 e. The fourth-order valence-corrected chi connectivity index (χ4v) is 3.61. The van der Waals surface area contributed by atoms with Crippen molar-refractivity contribution in [3.8, 4) is 23.0 Å². The summed E-state index contributed by atoms with van der Waals surface area (Å²) in [6, 6.07) is 21.0. The summed E-state index contributed by atoms with van der Waals surface area (Å²) >= 11 is 0. The average Bonchev–Trinajstić information content (AvgIpc) is 2.86. The number of hydrogen-bond donors (Lipinski definition) is 0. The van der Waals surface area contributed by atoms with Crippen molar-refractivity contribution in [2.75, 3.05) is 13.2 Å². The molecule has 0 saturated carbocycles. The van der Waals surface area contributed by atoms with E-state index in [4.69, 9.17) is 23.4 Å². The first-order valence-electron chi connectivity index (χ1n) is 11.4. The van der Waals surface area contributed by atoms with Crippen LogP contribution in [0.1, 0.15) is 31.3 Å². The van der Waals surface area contributed by atoms with Crippen LogP contribution < -0.4 is 19.6 Å².